The van der Waals surface area contributed by atoms with Gasteiger partial charge in [-0.3, -0.25) is 0 Å². The number of hydrogen-bond donors (Lipinski definition) is 1. The Morgan fingerprint density at radius 1 is 1.50 bits per heavy atom. The average molecular weight is 223 g/mol. The van der Waals surface area contributed by atoms with Crippen molar-refractivity contribution in [2.45, 2.75) is 6.42 Å². The van der Waals surface area contributed by atoms with Crippen molar-refractivity contribution in [2.24, 2.45) is 5.92 Å². The van der Waals surface area contributed by atoms with Crippen LogP contribution >= 0.6 is 0 Å². The number of ether oxygens (including phenoxy) is 1. The van der Waals surface area contributed by atoms with Gasteiger partial charge in [0.15, 0.2) is 0 Å². The lowest BCUT2D eigenvalue weighted by molar-refractivity contribution is 0.0444. The number of aliphatic hydroxyl groups excluding tert-OH is 1. The van der Waals surface area contributed by atoms with Gasteiger partial charge < -0.3 is 9.84 Å². The van der Waals surface area contributed by atoms with Crippen LogP contribution in [-0.4, -0.2) is 57.0 Å². The molecule has 0 radical (unpaired) electrons. The van der Waals surface area contributed by atoms with Crippen molar-refractivity contribution < 1.29 is 18.3 Å². The first-order valence-electron chi connectivity index (χ1n) is 4.67. The van der Waals surface area contributed by atoms with E-state index < -0.39 is 10.0 Å². The Morgan fingerprint density at radius 3 is 2.64 bits per heavy atom. The highest BCUT2D eigenvalue weighted by molar-refractivity contribution is 7.88. The molecular weight excluding hydrogens is 206 g/mol. The number of hydrogen-bond acceptors (Lipinski definition) is 4. The first-order valence-corrected chi connectivity index (χ1v) is 6.52. The van der Waals surface area contributed by atoms with E-state index in [0.717, 1.165) is 0 Å². The summed E-state index contributed by atoms with van der Waals surface area (Å²) in [6, 6.07) is 0. The molecule has 1 N–H and O–H groups in total. The minimum absolute atomic E-state index is 0.139. The van der Waals surface area contributed by atoms with Gasteiger partial charge in [-0.1, -0.05) is 0 Å². The van der Waals surface area contributed by atoms with Crippen LogP contribution in [0.4, 0.5) is 0 Å². The van der Waals surface area contributed by atoms with Crippen LogP contribution in [0.15, 0.2) is 0 Å². The number of sulfonamides is 1. The summed E-state index contributed by atoms with van der Waals surface area (Å²) in [6.45, 7) is 2.41. The topological polar surface area (TPSA) is 66.8 Å². The van der Waals surface area contributed by atoms with Crippen LogP contribution in [0.25, 0.3) is 0 Å². The van der Waals surface area contributed by atoms with Gasteiger partial charge in [0.1, 0.15) is 0 Å². The SMILES string of the molecule is CS(=O)(=O)N1CC(COCCCO)C1. The summed E-state index contributed by atoms with van der Waals surface area (Å²) in [7, 11) is -3.00. The summed E-state index contributed by atoms with van der Waals surface area (Å²) in [5, 5.41) is 8.48. The lowest BCUT2D eigenvalue weighted by atomic mass is 10.1. The van der Waals surface area contributed by atoms with Gasteiger partial charge in [0.2, 0.25) is 10.0 Å². The predicted octanol–water partition coefficient (Wildman–Crippen LogP) is -0.723. The molecule has 0 aromatic heterocycles. The molecule has 14 heavy (non-hydrogen) atoms. The van der Waals surface area contributed by atoms with Gasteiger partial charge >= 0.3 is 0 Å². The molecule has 0 atom stereocenters. The van der Waals surface area contributed by atoms with E-state index in [1.165, 1.54) is 10.6 Å². The minimum Gasteiger partial charge on any atom is -0.396 e. The molecule has 0 aromatic rings. The van der Waals surface area contributed by atoms with E-state index in [2.05, 4.69) is 0 Å². The number of aliphatic hydroxyl groups is 1. The minimum atomic E-state index is -3.00. The Balaban J connectivity index is 2.05. The molecule has 0 amide bonds. The maximum absolute atomic E-state index is 11.0. The quantitative estimate of drug-likeness (QED) is 0.603. The van der Waals surface area contributed by atoms with Crippen molar-refractivity contribution in [3.8, 4) is 0 Å². The zero-order valence-electron chi connectivity index (χ0n) is 8.35. The molecule has 1 fully saturated rings. The van der Waals surface area contributed by atoms with Crippen LogP contribution in [0, 0.1) is 5.92 Å². The largest absolute Gasteiger partial charge is 0.396 e. The van der Waals surface area contributed by atoms with E-state index in [4.69, 9.17) is 9.84 Å². The van der Waals surface area contributed by atoms with Gasteiger partial charge in [-0.15, -0.1) is 0 Å². The van der Waals surface area contributed by atoms with E-state index >= 15 is 0 Å². The third kappa shape index (κ3) is 3.53. The van der Waals surface area contributed by atoms with Crippen molar-refractivity contribution in [3.05, 3.63) is 0 Å². The van der Waals surface area contributed by atoms with Crippen LogP contribution < -0.4 is 0 Å². The number of nitrogens with zero attached hydrogens (tertiary/aromatic N) is 1. The fourth-order valence-electron chi connectivity index (χ4n) is 1.32. The average Bonchev–Trinajstić information content (AvgIpc) is 1.98. The lowest BCUT2D eigenvalue weighted by Crippen LogP contribution is -2.51. The predicted molar refractivity (Wildman–Crippen MR) is 52.4 cm³/mol. The molecule has 0 bridgehead atoms. The lowest BCUT2D eigenvalue weighted by Gasteiger charge is -2.36. The Labute approximate surface area is 84.7 Å². The molecule has 0 unspecified atom stereocenters. The maximum Gasteiger partial charge on any atom is 0.211 e. The molecular formula is C8H17NO4S. The van der Waals surface area contributed by atoms with Gasteiger partial charge in [0.05, 0.1) is 12.9 Å². The fourth-order valence-corrected chi connectivity index (χ4v) is 2.28. The third-order valence-electron chi connectivity index (χ3n) is 2.19. The van der Waals surface area contributed by atoms with Gasteiger partial charge in [-0.05, 0) is 6.42 Å². The van der Waals surface area contributed by atoms with E-state index in [9.17, 15) is 8.42 Å². The van der Waals surface area contributed by atoms with E-state index in [1.54, 1.807) is 0 Å². The van der Waals surface area contributed by atoms with Crippen LogP contribution in [0.3, 0.4) is 0 Å². The standard InChI is InChI=1S/C8H17NO4S/c1-14(11,12)9-5-8(6-9)7-13-4-2-3-10/h8,10H,2-7H2,1H3. The molecule has 1 rings (SSSR count). The number of rotatable bonds is 6. The Bertz CT molecular complexity index is 259. The highest BCUT2D eigenvalue weighted by Gasteiger charge is 2.32. The monoisotopic (exact) mass is 223 g/mol. The molecule has 6 heteroatoms. The Kier molecular flexibility index (Phi) is 4.31. The molecule has 5 nitrogen and oxygen atoms in total. The third-order valence-corrected chi connectivity index (χ3v) is 3.43. The van der Waals surface area contributed by atoms with E-state index in [1.807, 2.05) is 0 Å². The van der Waals surface area contributed by atoms with Crippen molar-refractivity contribution in [2.75, 3.05) is 39.2 Å². The summed E-state index contributed by atoms with van der Waals surface area (Å²) < 4.78 is 28.7. The molecule has 84 valence electrons. The van der Waals surface area contributed by atoms with Gasteiger partial charge in [-0.25, -0.2) is 12.7 Å². The van der Waals surface area contributed by atoms with Crippen LogP contribution in [-0.2, 0) is 14.8 Å². The summed E-state index contributed by atoms with van der Waals surface area (Å²) in [4.78, 5) is 0. The molecule has 1 saturated heterocycles. The molecule has 0 saturated carbocycles. The van der Waals surface area contributed by atoms with Gasteiger partial charge in [0, 0.05) is 32.2 Å². The van der Waals surface area contributed by atoms with Crippen LogP contribution in [0.2, 0.25) is 0 Å². The van der Waals surface area contributed by atoms with Gasteiger partial charge in [-0.2, -0.15) is 0 Å². The van der Waals surface area contributed by atoms with Crippen molar-refractivity contribution >= 4 is 10.0 Å². The van der Waals surface area contributed by atoms with Crippen molar-refractivity contribution in [1.29, 1.82) is 0 Å². The van der Waals surface area contributed by atoms with Crippen LogP contribution in [0.5, 0.6) is 0 Å². The van der Waals surface area contributed by atoms with E-state index in [-0.39, 0.29) is 6.61 Å². The summed E-state index contributed by atoms with van der Waals surface area (Å²) in [6.07, 6.45) is 1.86. The molecule has 0 aliphatic carbocycles. The molecule has 1 aliphatic rings. The summed E-state index contributed by atoms with van der Waals surface area (Å²) in [5.41, 5.74) is 0. The van der Waals surface area contributed by atoms with Gasteiger partial charge in [0.25, 0.3) is 0 Å². The van der Waals surface area contributed by atoms with Crippen LogP contribution in [0.1, 0.15) is 6.42 Å². The fraction of sp³-hybridized carbons (Fsp3) is 1.00. The summed E-state index contributed by atoms with van der Waals surface area (Å²) in [5.74, 6) is 0.323. The summed E-state index contributed by atoms with van der Waals surface area (Å²) >= 11 is 0. The zero-order valence-corrected chi connectivity index (χ0v) is 9.16. The Morgan fingerprint density at radius 2 is 2.14 bits per heavy atom. The highest BCUT2D eigenvalue weighted by Crippen LogP contribution is 2.18. The van der Waals surface area contributed by atoms with Crippen molar-refractivity contribution in [3.63, 3.8) is 0 Å². The molecule has 0 aromatic carbocycles. The first-order chi connectivity index (χ1) is 6.54. The second-order valence-corrected chi connectivity index (χ2v) is 5.58. The van der Waals surface area contributed by atoms with E-state index in [0.29, 0.717) is 38.6 Å². The van der Waals surface area contributed by atoms with Crippen molar-refractivity contribution in [1.82, 2.24) is 4.31 Å². The maximum atomic E-state index is 11.0. The Hall–Kier alpha value is -0.170. The molecule has 1 heterocycles. The first kappa shape index (κ1) is 11.9. The second-order valence-electron chi connectivity index (χ2n) is 3.60. The normalized spacial score (nSPS) is 19.6. The molecule has 0 spiro atoms. The second kappa shape index (κ2) is 5.06. The zero-order chi connectivity index (χ0) is 10.6. The highest BCUT2D eigenvalue weighted by atomic mass is 32.2. The molecule has 1 aliphatic heterocycles. The smallest absolute Gasteiger partial charge is 0.211 e.